The number of rotatable bonds is 4. The Hall–Kier alpha value is -2.04. The minimum absolute atomic E-state index is 0.0208. The van der Waals surface area contributed by atoms with Gasteiger partial charge in [0, 0.05) is 5.56 Å². The number of benzene rings is 1. The molecule has 0 saturated carbocycles. The number of nitrogens with one attached hydrogen (secondary N) is 1. The van der Waals surface area contributed by atoms with Crippen LogP contribution in [0.4, 0.5) is 0 Å². The molecule has 0 aromatic heterocycles. The first-order valence-corrected chi connectivity index (χ1v) is 4.52. The van der Waals surface area contributed by atoms with E-state index >= 15 is 0 Å². The maximum atomic E-state index is 10.2. The van der Waals surface area contributed by atoms with Gasteiger partial charge >= 0.3 is 0 Å². The van der Waals surface area contributed by atoms with Crippen molar-refractivity contribution in [3.8, 4) is 0 Å². The van der Waals surface area contributed by atoms with Crippen molar-refractivity contribution < 1.29 is 4.79 Å². The van der Waals surface area contributed by atoms with Crippen LogP contribution in [0.5, 0.6) is 0 Å². The number of amidine groups is 1. The van der Waals surface area contributed by atoms with Crippen molar-refractivity contribution in [2.45, 2.75) is 13.0 Å². The van der Waals surface area contributed by atoms with Crippen LogP contribution in [-0.2, 0) is 4.79 Å². The molecule has 80 valence electrons. The maximum Gasteiger partial charge on any atom is 0.207 e. The predicted octanol–water partition coefficient (Wildman–Crippen LogP) is 0.0726. The lowest BCUT2D eigenvalue weighted by Gasteiger charge is -2.10. The highest BCUT2D eigenvalue weighted by Crippen LogP contribution is 2.12. The minimum atomic E-state index is -0.0208. The highest BCUT2D eigenvalue weighted by Gasteiger charge is 2.04. The summed E-state index contributed by atoms with van der Waals surface area (Å²) in [5, 5.41) is 6.05. The monoisotopic (exact) mass is 206 g/mol. The zero-order chi connectivity index (χ0) is 11.3. The Balaban J connectivity index is 2.85. The first-order chi connectivity index (χ1) is 7.19. The van der Waals surface area contributed by atoms with E-state index in [9.17, 15) is 4.79 Å². The van der Waals surface area contributed by atoms with E-state index in [1.807, 2.05) is 31.2 Å². The van der Waals surface area contributed by atoms with Gasteiger partial charge in [-0.25, -0.2) is 0 Å². The zero-order valence-electron chi connectivity index (χ0n) is 8.47. The molecule has 1 aromatic rings. The van der Waals surface area contributed by atoms with Crippen molar-refractivity contribution in [3.05, 3.63) is 35.4 Å². The molecule has 1 unspecified atom stereocenters. The Kier molecular flexibility index (Phi) is 3.68. The number of nitrogens with two attached hydrogens (primary N) is 2. The minimum Gasteiger partial charge on any atom is -0.382 e. The van der Waals surface area contributed by atoms with Gasteiger partial charge in [0.1, 0.15) is 5.84 Å². The summed E-state index contributed by atoms with van der Waals surface area (Å²) in [5.41, 5.74) is 7.29. The fraction of sp³-hybridized carbons (Fsp3) is 0.200. The molecule has 1 atom stereocenters. The van der Waals surface area contributed by atoms with Gasteiger partial charge < -0.3 is 16.9 Å². The van der Waals surface area contributed by atoms with Crippen molar-refractivity contribution in [2.24, 2.45) is 16.7 Å². The molecule has 0 aliphatic heterocycles. The van der Waals surface area contributed by atoms with E-state index in [1.54, 1.807) is 0 Å². The molecule has 0 aliphatic rings. The smallest absolute Gasteiger partial charge is 0.207 e. The first-order valence-electron chi connectivity index (χ1n) is 4.52. The molecular weight excluding hydrogens is 192 g/mol. The molecule has 0 bridgehead atoms. The summed E-state index contributed by atoms with van der Waals surface area (Å²) >= 11 is 0. The van der Waals surface area contributed by atoms with Gasteiger partial charge in [0.2, 0.25) is 6.41 Å². The Morgan fingerprint density at radius 3 is 2.53 bits per heavy atom. The van der Waals surface area contributed by atoms with Crippen LogP contribution in [0.1, 0.15) is 24.1 Å². The summed E-state index contributed by atoms with van der Waals surface area (Å²) < 4.78 is 0. The van der Waals surface area contributed by atoms with Crippen molar-refractivity contribution in [2.75, 3.05) is 0 Å². The highest BCUT2D eigenvalue weighted by molar-refractivity contribution is 5.97. The second kappa shape index (κ2) is 4.99. The third-order valence-electron chi connectivity index (χ3n) is 2.16. The Morgan fingerprint density at radius 2 is 2.07 bits per heavy atom. The standard InChI is InChI=1S/C10H14N4O/c1-7(13-6-15)8-2-4-9(5-3-8)10(11)14-12/h2-7H,12H2,1H3,(H2,11,14)(H,13,15). The van der Waals surface area contributed by atoms with Crippen molar-refractivity contribution in [3.63, 3.8) is 0 Å². The van der Waals surface area contributed by atoms with E-state index in [1.165, 1.54) is 0 Å². The fourth-order valence-corrected chi connectivity index (χ4v) is 1.22. The van der Waals surface area contributed by atoms with Crippen LogP contribution in [-0.4, -0.2) is 12.2 Å². The summed E-state index contributed by atoms with van der Waals surface area (Å²) in [4.78, 5) is 10.2. The number of hydrogen-bond acceptors (Lipinski definition) is 3. The second-order valence-electron chi connectivity index (χ2n) is 3.14. The van der Waals surface area contributed by atoms with Crippen molar-refractivity contribution >= 4 is 12.2 Å². The number of hydrogen-bond donors (Lipinski definition) is 3. The molecule has 0 fully saturated rings. The molecular formula is C10H14N4O. The molecule has 0 aliphatic carbocycles. The molecule has 0 spiro atoms. The van der Waals surface area contributed by atoms with Gasteiger partial charge in [-0.15, -0.1) is 0 Å². The summed E-state index contributed by atoms with van der Waals surface area (Å²) in [6, 6.07) is 7.34. The Morgan fingerprint density at radius 1 is 1.47 bits per heavy atom. The number of hydrazone groups is 1. The lowest BCUT2D eigenvalue weighted by molar-refractivity contribution is -0.110. The van der Waals surface area contributed by atoms with Crippen molar-refractivity contribution in [1.29, 1.82) is 0 Å². The molecule has 0 saturated heterocycles. The molecule has 5 N–H and O–H groups in total. The number of carbonyl (C=O) groups excluding carboxylic acids is 1. The molecule has 1 aromatic carbocycles. The SMILES string of the molecule is CC(NC=O)c1ccc(/C(N)=N/N)cc1. The quantitative estimate of drug-likeness (QED) is 0.214. The Labute approximate surface area is 88.1 Å². The number of amides is 1. The van der Waals surface area contributed by atoms with Gasteiger partial charge in [-0.1, -0.05) is 24.3 Å². The van der Waals surface area contributed by atoms with E-state index in [4.69, 9.17) is 11.6 Å². The molecule has 15 heavy (non-hydrogen) atoms. The van der Waals surface area contributed by atoms with Gasteiger partial charge in [-0.2, -0.15) is 5.10 Å². The third kappa shape index (κ3) is 2.70. The molecule has 1 rings (SSSR count). The second-order valence-corrected chi connectivity index (χ2v) is 3.14. The maximum absolute atomic E-state index is 10.2. The van der Waals surface area contributed by atoms with Crippen LogP contribution >= 0.6 is 0 Å². The summed E-state index contributed by atoms with van der Waals surface area (Å²) in [6.45, 7) is 1.89. The molecule has 5 nitrogen and oxygen atoms in total. The van der Waals surface area contributed by atoms with Gasteiger partial charge in [0.25, 0.3) is 0 Å². The average Bonchev–Trinajstić information content (AvgIpc) is 2.28. The van der Waals surface area contributed by atoms with E-state index in [2.05, 4.69) is 10.4 Å². The third-order valence-corrected chi connectivity index (χ3v) is 2.16. The fourth-order valence-electron chi connectivity index (χ4n) is 1.22. The van der Waals surface area contributed by atoms with E-state index < -0.39 is 0 Å². The molecule has 0 radical (unpaired) electrons. The average molecular weight is 206 g/mol. The predicted molar refractivity (Wildman–Crippen MR) is 59.0 cm³/mol. The topological polar surface area (TPSA) is 93.5 Å². The Bertz CT molecular complexity index is 358. The molecule has 5 heteroatoms. The van der Waals surface area contributed by atoms with Crippen molar-refractivity contribution in [1.82, 2.24) is 5.32 Å². The van der Waals surface area contributed by atoms with Crippen LogP contribution in [0.2, 0.25) is 0 Å². The largest absolute Gasteiger partial charge is 0.382 e. The highest BCUT2D eigenvalue weighted by atomic mass is 16.1. The van der Waals surface area contributed by atoms with Crippen LogP contribution in [0, 0.1) is 0 Å². The lowest BCUT2D eigenvalue weighted by atomic mass is 10.1. The van der Waals surface area contributed by atoms with Gasteiger partial charge in [0.05, 0.1) is 6.04 Å². The number of carbonyl (C=O) groups is 1. The zero-order valence-corrected chi connectivity index (χ0v) is 8.47. The summed E-state index contributed by atoms with van der Waals surface area (Å²) in [7, 11) is 0. The van der Waals surface area contributed by atoms with Gasteiger partial charge in [0.15, 0.2) is 0 Å². The van der Waals surface area contributed by atoms with Crippen LogP contribution in [0.15, 0.2) is 29.4 Å². The van der Waals surface area contributed by atoms with Crippen LogP contribution in [0.25, 0.3) is 0 Å². The summed E-state index contributed by atoms with van der Waals surface area (Å²) in [6.07, 6.45) is 0.675. The molecule has 0 heterocycles. The van der Waals surface area contributed by atoms with Gasteiger partial charge in [-0.3, -0.25) is 4.79 Å². The van der Waals surface area contributed by atoms with E-state index in [0.29, 0.717) is 6.41 Å². The van der Waals surface area contributed by atoms with Crippen LogP contribution in [0.3, 0.4) is 0 Å². The van der Waals surface area contributed by atoms with Crippen LogP contribution < -0.4 is 16.9 Å². The molecule has 1 amide bonds. The van der Waals surface area contributed by atoms with Gasteiger partial charge in [-0.05, 0) is 12.5 Å². The number of nitrogens with zero attached hydrogens (tertiary/aromatic N) is 1. The summed E-state index contributed by atoms with van der Waals surface area (Å²) in [5.74, 6) is 5.34. The first kappa shape index (κ1) is 11.0. The van der Waals surface area contributed by atoms with E-state index in [-0.39, 0.29) is 11.9 Å². The normalized spacial score (nSPS) is 13.3. The van der Waals surface area contributed by atoms with E-state index in [0.717, 1.165) is 11.1 Å². The lowest BCUT2D eigenvalue weighted by Crippen LogP contribution is -2.17.